The van der Waals surface area contributed by atoms with Crippen molar-refractivity contribution in [3.63, 3.8) is 0 Å². The zero-order chi connectivity index (χ0) is 15.4. The van der Waals surface area contributed by atoms with Gasteiger partial charge in [0.2, 0.25) is 0 Å². The number of thiophene rings is 1. The van der Waals surface area contributed by atoms with Gasteiger partial charge in [0.15, 0.2) is 0 Å². The van der Waals surface area contributed by atoms with E-state index >= 15 is 0 Å². The molecular formula is C14H17N3O3S2. The number of nitrogens with zero attached hydrogens (tertiary/aromatic N) is 2. The van der Waals surface area contributed by atoms with Crippen molar-refractivity contribution >= 4 is 21.5 Å². The Kier molecular flexibility index (Phi) is 4.84. The molecular weight excluding hydrogens is 322 g/mol. The van der Waals surface area contributed by atoms with Gasteiger partial charge in [-0.1, -0.05) is 6.07 Å². The molecule has 3 rings (SSSR count). The number of hydrogen-bond donors (Lipinski definition) is 1. The van der Waals surface area contributed by atoms with Gasteiger partial charge in [-0.25, -0.2) is 0 Å². The van der Waals surface area contributed by atoms with Crippen molar-refractivity contribution in [1.82, 2.24) is 14.0 Å². The van der Waals surface area contributed by atoms with Crippen LogP contribution in [-0.4, -0.2) is 44.0 Å². The maximum absolute atomic E-state index is 12.2. The average molecular weight is 339 g/mol. The van der Waals surface area contributed by atoms with Crippen molar-refractivity contribution in [3.8, 4) is 10.4 Å². The summed E-state index contributed by atoms with van der Waals surface area (Å²) in [5.41, 5.74) is 1.83. The summed E-state index contributed by atoms with van der Waals surface area (Å²) in [5.74, 6) is 0. The van der Waals surface area contributed by atoms with E-state index in [9.17, 15) is 8.42 Å². The molecule has 8 heteroatoms. The molecule has 0 bridgehead atoms. The third kappa shape index (κ3) is 3.71. The summed E-state index contributed by atoms with van der Waals surface area (Å²) in [5, 5.41) is 2.00. The molecule has 6 nitrogen and oxygen atoms in total. The number of rotatable bonds is 5. The molecule has 1 aliphatic rings. The second-order valence-corrected chi connectivity index (χ2v) is 7.60. The Morgan fingerprint density at radius 1 is 1.32 bits per heavy atom. The molecule has 0 saturated carbocycles. The lowest BCUT2D eigenvalue weighted by Crippen LogP contribution is -2.46. The van der Waals surface area contributed by atoms with E-state index in [1.54, 1.807) is 23.7 Å². The highest BCUT2D eigenvalue weighted by atomic mass is 32.2. The van der Waals surface area contributed by atoms with Crippen molar-refractivity contribution in [2.24, 2.45) is 0 Å². The van der Waals surface area contributed by atoms with Crippen LogP contribution in [0, 0.1) is 0 Å². The molecule has 1 saturated heterocycles. The highest BCUT2D eigenvalue weighted by molar-refractivity contribution is 7.87. The first-order chi connectivity index (χ1) is 10.6. The number of hydrogen-bond acceptors (Lipinski definition) is 5. The summed E-state index contributed by atoms with van der Waals surface area (Å²) in [7, 11) is -3.47. The lowest BCUT2D eigenvalue weighted by molar-refractivity contribution is 0.0725. The Balaban J connectivity index is 1.67. The maximum Gasteiger partial charge on any atom is 0.279 e. The molecule has 1 fully saturated rings. The Morgan fingerprint density at radius 3 is 2.86 bits per heavy atom. The number of aromatic nitrogens is 1. The summed E-state index contributed by atoms with van der Waals surface area (Å²) < 4.78 is 33.6. The quantitative estimate of drug-likeness (QED) is 0.896. The van der Waals surface area contributed by atoms with Gasteiger partial charge in [0.25, 0.3) is 10.2 Å². The first-order valence-electron chi connectivity index (χ1n) is 6.95. The van der Waals surface area contributed by atoms with E-state index in [1.807, 2.05) is 23.6 Å². The van der Waals surface area contributed by atoms with Crippen LogP contribution in [0.2, 0.25) is 0 Å². The minimum absolute atomic E-state index is 0.228. The first kappa shape index (κ1) is 15.6. The van der Waals surface area contributed by atoms with E-state index < -0.39 is 10.2 Å². The SMILES string of the molecule is O=S(=O)(NCc1cncc(-c2cccs2)c1)N1CCOCC1. The van der Waals surface area contributed by atoms with Crippen molar-refractivity contribution in [2.75, 3.05) is 26.3 Å². The molecule has 2 aromatic rings. The monoisotopic (exact) mass is 339 g/mol. The lowest BCUT2D eigenvalue weighted by Gasteiger charge is -2.26. The predicted molar refractivity (Wildman–Crippen MR) is 85.7 cm³/mol. The minimum Gasteiger partial charge on any atom is -0.379 e. The van der Waals surface area contributed by atoms with Gasteiger partial charge < -0.3 is 4.74 Å². The van der Waals surface area contributed by atoms with E-state index in [-0.39, 0.29) is 6.54 Å². The molecule has 0 aromatic carbocycles. The van der Waals surface area contributed by atoms with Crippen LogP contribution in [0.3, 0.4) is 0 Å². The van der Waals surface area contributed by atoms with E-state index in [0.29, 0.717) is 26.3 Å². The van der Waals surface area contributed by atoms with Crippen LogP contribution in [-0.2, 0) is 21.5 Å². The van der Waals surface area contributed by atoms with Gasteiger partial charge in [0, 0.05) is 42.5 Å². The van der Waals surface area contributed by atoms with Gasteiger partial charge in [0.1, 0.15) is 0 Å². The summed E-state index contributed by atoms with van der Waals surface area (Å²) in [4.78, 5) is 5.31. The molecule has 3 heterocycles. The predicted octanol–water partition coefficient (Wildman–Crippen LogP) is 1.48. The zero-order valence-electron chi connectivity index (χ0n) is 11.9. The highest BCUT2D eigenvalue weighted by Gasteiger charge is 2.23. The minimum atomic E-state index is -3.47. The van der Waals surface area contributed by atoms with Gasteiger partial charge in [-0.2, -0.15) is 17.4 Å². The zero-order valence-corrected chi connectivity index (χ0v) is 13.6. The maximum atomic E-state index is 12.2. The van der Waals surface area contributed by atoms with Gasteiger partial charge in [-0.3, -0.25) is 4.98 Å². The summed E-state index contributed by atoms with van der Waals surface area (Å²) in [6.45, 7) is 1.89. The van der Waals surface area contributed by atoms with E-state index in [0.717, 1.165) is 16.0 Å². The van der Waals surface area contributed by atoms with E-state index in [4.69, 9.17) is 4.74 Å². The van der Waals surface area contributed by atoms with Crippen LogP contribution in [0.1, 0.15) is 5.56 Å². The Labute approximate surface area is 133 Å². The molecule has 0 atom stereocenters. The first-order valence-corrected chi connectivity index (χ1v) is 9.27. The van der Waals surface area contributed by atoms with E-state index in [2.05, 4.69) is 9.71 Å². The Morgan fingerprint density at radius 2 is 2.14 bits per heavy atom. The lowest BCUT2D eigenvalue weighted by atomic mass is 10.2. The number of morpholine rings is 1. The number of pyridine rings is 1. The molecule has 22 heavy (non-hydrogen) atoms. The van der Waals surface area contributed by atoms with Crippen molar-refractivity contribution in [2.45, 2.75) is 6.54 Å². The fourth-order valence-corrected chi connectivity index (χ4v) is 4.08. The molecule has 0 amide bonds. The molecule has 0 radical (unpaired) electrons. The smallest absolute Gasteiger partial charge is 0.279 e. The molecule has 2 aromatic heterocycles. The number of ether oxygens (including phenoxy) is 1. The van der Waals surface area contributed by atoms with E-state index in [1.165, 1.54) is 4.31 Å². The second-order valence-electron chi connectivity index (χ2n) is 4.90. The van der Waals surface area contributed by atoms with Gasteiger partial charge in [-0.15, -0.1) is 11.3 Å². The standard InChI is InChI=1S/C14H17N3O3S2/c18-22(19,17-3-5-20-6-4-17)16-10-12-8-13(11-15-9-12)14-2-1-7-21-14/h1-2,7-9,11,16H,3-6,10H2. The molecule has 1 N–H and O–H groups in total. The van der Waals surface area contributed by atoms with Crippen LogP contribution >= 0.6 is 11.3 Å². The van der Waals surface area contributed by atoms with Crippen LogP contribution in [0.4, 0.5) is 0 Å². The summed E-state index contributed by atoms with van der Waals surface area (Å²) in [6, 6.07) is 5.96. The fraction of sp³-hybridized carbons (Fsp3) is 0.357. The Bertz CT molecular complexity index is 711. The van der Waals surface area contributed by atoms with Crippen molar-refractivity contribution < 1.29 is 13.2 Å². The van der Waals surface area contributed by atoms with Crippen LogP contribution in [0.5, 0.6) is 0 Å². The third-order valence-corrected chi connectivity index (χ3v) is 5.84. The topological polar surface area (TPSA) is 71.5 Å². The number of nitrogens with one attached hydrogen (secondary N) is 1. The summed E-state index contributed by atoms with van der Waals surface area (Å²) in [6.07, 6.45) is 3.46. The highest BCUT2D eigenvalue weighted by Crippen LogP contribution is 2.24. The third-order valence-electron chi connectivity index (χ3n) is 3.37. The molecule has 118 valence electrons. The average Bonchev–Trinajstić information content (AvgIpc) is 3.09. The van der Waals surface area contributed by atoms with Crippen molar-refractivity contribution in [3.05, 3.63) is 41.5 Å². The second kappa shape index (κ2) is 6.84. The van der Waals surface area contributed by atoms with Crippen molar-refractivity contribution in [1.29, 1.82) is 0 Å². The van der Waals surface area contributed by atoms with Gasteiger partial charge in [0.05, 0.1) is 13.2 Å². The fourth-order valence-electron chi connectivity index (χ4n) is 2.21. The van der Waals surface area contributed by atoms with Gasteiger partial charge in [-0.05, 0) is 23.1 Å². The van der Waals surface area contributed by atoms with Gasteiger partial charge >= 0.3 is 0 Å². The molecule has 0 unspecified atom stereocenters. The molecule has 0 aliphatic carbocycles. The molecule has 1 aliphatic heterocycles. The summed E-state index contributed by atoms with van der Waals surface area (Å²) >= 11 is 1.63. The molecule has 0 spiro atoms. The Hall–Kier alpha value is -1.32. The normalized spacial score (nSPS) is 16.7. The largest absolute Gasteiger partial charge is 0.379 e. The van der Waals surface area contributed by atoms with Crippen LogP contribution < -0.4 is 4.72 Å². The van der Waals surface area contributed by atoms with Crippen LogP contribution in [0.25, 0.3) is 10.4 Å². The van der Waals surface area contributed by atoms with Crippen LogP contribution in [0.15, 0.2) is 36.0 Å².